The quantitative estimate of drug-likeness (QED) is 0.891. The van der Waals surface area contributed by atoms with Crippen molar-refractivity contribution in [1.82, 2.24) is 5.32 Å². The Kier molecular flexibility index (Phi) is 4.57. The van der Waals surface area contributed by atoms with E-state index in [1.165, 1.54) is 5.56 Å². The molecule has 2 nitrogen and oxygen atoms in total. The lowest BCUT2D eigenvalue weighted by atomic mass is 9.95. The van der Waals surface area contributed by atoms with Crippen molar-refractivity contribution < 1.29 is 4.21 Å². The van der Waals surface area contributed by atoms with Crippen molar-refractivity contribution in [3.05, 3.63) is 35.9 Å². The average Bonchev–Trinajstić information content (AvgIpc) is 2.50. The van der Waals surface area contributed by atoms with E-state index < -0.39 is 10.8 Å². The second-order valence-corrected chi connectivity index (χ2v) is 7.25. The zero-order valence-electron chi connectivity index (χ0n) is 11.4. The lowest BCUT2D eigenvalue weighted by Gasteiger charge is -2.29. The van der Waals surface area contributed by atoms with E-state index in [1.54, 1.807) is 0 Å². The highest BCUT2D eigenvalue weighted by molar-refractivity contribution is 7.85. The minimum Gasteiger partial charge on any atom is -0.306 e. The summed E-state index contributed by atoms with van der Waals surface area (Å²) in [6.07, 6.45) is 0.999. The molecule has 0 aromatic heterocycles. The highest BCUT2D eigenvalue weighted by Gasteiger charge is 2.34. The highest BCUT2D eigenvalue weighted by atomic mass is 32.2. The molecule has 1 saturated heterocycles. The SMILES string of the molecule is CC1CCS(=O)C(C(C)C)C(c2ccccc2)N1. The zero-order chi connectivity index (χ0) is 13.1. The van der Waals surface area contributed by atoms with E-state index in [2.05, 4.69) is 50.4 Å². The lowest BCUT2D eigenvalue weighted by molar-refractivity contribution is 0.403. The van der Waals surface area contributed by atoms with Crippen LogP contribution in [0.15, 0.2) is 30.3 Å². The molecule has 1 aliphatic rings. The molecule has 3 heteroatoms. The van der Waals surface area contributed by atoms with Crippen LogP contribution in [0.3, 0.4) is 0 Å². The molecule has 4 atom stereocenters. The number of benzene rings is 1. The normalized spacial score (nSPS) is 33.3. The fourth-order valence-corrected chi connectivity index (χ4v) is 4.70. The number of hydrogen-bond donors (Lipinski definition) is 1. The molecule has 0 amide bonds. The minimum atomic E-state index is -0.739. The molecular weight excluding hydrogens is 242 g/mol. The highest BCUT2D eigenvalue weighted by Crippen LogP contribution is 2.29. The van der Waals surface area contributed by atoms with E-state index in [9.17, 15) is 4.21 Å². The third-order valence-electron chi connectivity index (χ3n) is 3.66. The molecule has 0 aliphatic carbocycles. The van der Waals surface area contributed by atoms with E-state index in [4.69, 9.17) is 0 Å². The summed E-state index contributed by atoms with van der Waals surface area (Å²) in [5.74, 6) is 1.24. The molecular formula is C15H23NOS. The molecule has 4 unspecified atom stereocenters. The molecule has 0 bridgehead atoms. The maximum Gasteiger partial charge on any atom is 0.0565 e. The van der Waals surface area contributed by atoms with Crippen molar-refractivity contribution in [2.45, 2.75) is 44.5 Å². The third-order valence-corrected chi connectivity index (χ3v) is 5.73. The first-order valence-electron chi connectivity index (χ1n) is 6.77. The molecule has 1 fully saturated rings. The molecule has 2 rings (SSSR count). The van der Waals surface area contributed by atoms with E-state index >= 15 is 0 Å². The van der Waals surface area contributed by atoms with Crippen molar-refractivity contribution in [2.75, 3.05) is 5.75 Å². The summed E-state index contributed by atoms with van der Waals surface area (Å²) in [5.41, 5.74) is 1.26. The first-order valence-corrected chi connectivity index (χ1v) is 8.16. The first-order chi connectivity index (χ1) is 8.59. The van der Waals surface area contributed by atoms with Gasteiger partial charge < -0.3 is 5.32 Å². The molecule has 1 aliphatic heterocycles. The van der Waals surface area contributed by atoms with Gasteiger partial charge in [0.05, 0.1) is 5.25 Å². The van der Waals surface area contributed by atoms with Gasteiger partial charge in [0.2, 0.25) is 0 Å². The largest absolute Gasteiger partial charge is 0.306 e. The summed E-state index contributed by atoms with van der Waals surface area (Å²) >= 11 is 0. The summed E-state index contributed by atoms with van der Waals surface area (Å²) in [5, 5.41) is 3.87. The molecule has 1 aromatic rings. The van der Waals surface area contributed by atoms with Gasteiger partial charge in [-0.25, -0.2) is 0 Å². The fourth-order valence-electron chi connectivity index (χ4n) is 2.70. The molecule has 0 radical (unpaired) electrons. The van der Waals surface area contributed by atoms with Gasteiger partial charge in [0.15, 0.2) is 0 Å². The Bertz CT molecular complexity index is 404. The Morgan fingerprint density at radius 1 is 1.28 bits per heavy atom. The summed E-state index contributed by atoms with van der Waals surface area (Å²) in [4.78, 5) is 0. The van der Waals surface area contributed by atoms with Crippen LogP contribution in [-0.2, 0) is 10.8 Å². The van der Waals surface area contributed by atoms with Gasteiger partial charge >= 0.3 is 0 Å². The summed E-state index contributed by atoms with van der Waals surface area (Å²) < 4.78 is 12.5. The molecule has 100 valence electrons. The number of nitrogens with one attached hydrogen (secondary N) is 1. The topological polar surface area (TPSA) is 29.1 Å². The molecule has 18 heavy (non-hydrogen) atoms. The maximum atomic E-state index is 12.5. The van der Waals surface area contributed by atoms with Gasteiger partial charge in [0, 0.05) is 28.6 Å². The van der Waals surface area contributed by atoms with Crippen LogP contribution >= 0.6 is 0 Å². The monoisotopic (exact) mass is 265 g/mol. The smallest absolute Gasteiger partial charge is 0.0565 e. The Balaban J connectivity index is 2.35. The van der Waals surface area contributed by atoms with E-state index in [0.717, 1.165) is 12.2 Å². The second kappa shape index (κ2) is 5.98. The van der Waals surface area contributed by atoms with Gasteiger partial charge in [0.25, 0.3) is 0 Å². The Morgan fingerprint density at radius 3 is 2.56 bits per heavy atom. The zero-order valence-corrected chi connectivity index (χ0v) is 12.2. The van der Waals surface area contributed by atoms with Crippen LogP contribution in [0.1, 0.15) is 38.8 Å². The Morgan fingerprint density at radius 2 is 1.94 bits per heavy atom. The van der Waals surface area contributed by atoms with Crippen molar-refractivity contribution in [3.63, 3.8) is 0 Å². The van der Waals surface area contributed by atoms with Crippen LogP contribution in [0, 0.1) is 5.92 Å². The fraction of sp³-hybridized carbons (Fsp3) is 0.600. The number of rotatable bonds is 2. The predicted octanol–water partition coefficient (Wildman–Crippen LogP) is 2.88. The summed E-state index contributed by atoms with van der Waals surface area (Å²) in [7, 11) is -0.739. The van der Waals surface area contributed by atoms with Crippen LogP contribution in [0.25, 0.3) is 0 Å². The summed E-state index contributed by atoms with van der Waals surface area (Å²) in [6.45, 7) is 6.54. The number of hydrogen-bond acceptors (Lipinski definition) is 2. The molecule has 0 spiro atoms. The predicted molar refractivity (Wildman–Crippen MR) is 78.0 cm³/mol. The van der Waals surface area contributed by atoms with Crippen molar-refractivity contribution in [3.8, 4) is 0 Å². The van der Waals surface area contributed by atoms with Crippen LogP contribution in [0.5, 0.6) is 0 Å². The summed E-state index contributed by atoms with van der Waals surface area (Å²) in [6, 6.07) is 11.1. The molecule has 0 saturated carbocycles. The van der Waals surface area contributed by atoms with Crippen LogP contribution < -0.4 is 5.32 Å². The Labute approximate surface area is 113 Å². The van der Waals surface area contributed by atoms with Gasteiger partial charge in [-0.15, -0.1) is 0 Å². The van der Waals surface area contributed by atoms with Crippen LogP contribution in [0.4, 0.5) is 0 Å². The molecule has 1 heterocycles. The second-order valence-electron chi connectivity index (χ2n) is 5.54. The Hall–Kier alpha value is -0.670. The van der Waals surface area contributed by atoms with Gasteiger partial charge in [-0.2, -0.15) is 0 Å². The van der Waals surface area contributed by atoms with Gasteiger partial charge in [-0.05, 0) is 24.8 Å². The van der Waals surface area contributed by atoms with Crippen molar-refractivity contribution in [1.29, 1.82) is 0 Å². The lowest BCUT2D eigenvalue weighted by Crippen LogP contribution is -2.38. The first kappa shape index (κ1) is 13.8. The van der Waals surface area contributed by atoms with E-state index in [-0.39, 0.29) is 11.3 Å². The maximum absolute atomic E-state index is 12.5. The van der Waals surface area contributed by atoms with E-state index in [1.807, 2.05) is 6.07 Å². The van der Waals surface area contributed by atoms with Gasteiger partial charge in [-0.1, -0.05) is 44.2 Å². The van der Waals surface area contributed by atoms with E-state index in [0.29, 0.717) is 12.0 Å². The molecule has 1 aromatic carbocycles. The average molecular weight is 265 g/mol. The van der Waals surface area contributed by atoms with Gasteiger partial charge in [-0.3, -0.25) is 4.21 Å². The van der Waals surface area contributed by atoms with Crippen LogP contribution in [0.2, 0.25) is 0 Å². The third kappa shape index (κ3) is 3.01. The van der Waals surface area contributed by atoms with Gasteiger partial charge in [0.1, 0.15) is 0 Å². The molecule has 1 N–H and O–H groups in total. The minimum absolute atomic E-state index is 0.206. The standard InChI is InChI=1S/C15H23NOS/c1-11(2)15-14(13-7-5-4-6-8-13)16-12(3)9-10-18(15)17/h4-8,11-12,14-16H,9-10H2,1-3H3. The van der Waals surface area contributed by atoms with Crippen LogP contribution in [-0.4, -0.2) is 21.3 Å². The van der Waals surface area contributed by atoms with Crippen molar-refractivity contribution >= 4 is 10.8 Å². The van der Waals surface area contributed by atoms with Crippen molar-refractivity contribution in [2.24, 2.45) is 5.92 Å².